The van der Waals surface area contributed by atoms with Crippen LogP contribution < -0.4 is 5.32 Å². The lowest BCUT2D eigenvalue weighted by Gasteiger charge is -2.54. The molecule has 0 spiro atoms. The quantitative estimate of drug-likeness (QED) is 0.655. The van der Waals surface area contributed by atoms with E-state index in [2.05, 4.69) is 5.32 Å². The van der Waals surface area contributed by atoms with Gasteiger partial charge in [0, 0.05) is 30.0 Å². The number of fused-ring (bicyclic) bond motifs is 1. The van der Waals surface area contributed by atoms with Crippen LogP contribution in [0, 0.1) is 21.4 Å². The molecule has 3 rings (SSSR count). The normalized spacial score (nSPS) is 28.5. The summed E-state index contributed by atoms with van der Waals surface area (Å²) < 4.78 is 5.67. The van der Waals surface area contributed by atoms with Gasteiger partial charge in [0.1, 0.15) is 0 Å². The highest BCUT2D eigenvalue weighted by Gasteiger charge is 2.59. The van der Waals surface area contributed by atoms with Crippen molar-refractivity contribution in [3.63, 3.8) is 0 Å². The molecule has 118 valence electrons. The van der Waals surface area contributed by atoms with Crippen LogP contribution in [-0.4, -0.2) is 34.7 Å². The first-order valence-electron chi connectivity index (χ1n) is 7.23. The molecule has 2 aliphatic rings. The number of para-hydroxylation sites is 1. The van der Waals surface area contributed by atoms with Crippen LogP contribution in [0.15, 0.2) is 18.2 Å². The fourth-order valence-corrected chi connectivity index (χ4v) is 3.70. The van der Waals surface area contributed by atoms with Gasteiger partial charge in [-0.1, -0.05) is 19.9 Å². The number of carbonyl (C=O) groups excluding carboxylic acids is 1. The van der Waals surface area contributed by atoms with Crippen LogP contribution in [-0.2, 0) is 4.74 Å². The third kappa shape index (κ3) is 2.04. The maximum absolute atomic E-state index is 12.4. The average molecular weight is 306 g/mol. The Morgan fingerprint density at radius 1 is 1.50 bits per heavy atom. The Labute approximate surface area is 127 Å². The summed E-state index contributed by atoms with van der Waals surface area (Å²) >= 11 is 0. The smallest absolute Gasteiger partial charge is 0.311 e. The van der Waals surface area contributed by atoms with E-state index in [0.29, 0.717) is 6.61 Å². The van der Waals surface area contributed by atoms with Crippen LogP contribution in [0.25, 0.3) is 0 Å². The minimum Gasteiger partial charge on any atom is -0.502 e. The second-order valence-electron chi connectivity index (χ2n) is 6.45. The molecule has 2 fully saturated rings. The highest BCUT2D eigenvalue weighted by atomic mass is 16.6. The molecule has 1 amide bonds. The third-order valence-electron chi connectivity index (χ3n) is 4.84. The number of aromatic hydroxyl groups is 1. The molecule has 1 saturated heterocycles. The summed E-state index contributed by atoms with van der Waals surface area (Å²) in [5.74, 6) is -0.828. The summed E-state index contributed by atoms with van der Waals surface area (Å²) in [4.78, 5) is 22.5. The van der Waals surface area contributed by atoms with Crippen molar-refractivity contribution in [1.82, 2.24) is 5.32 Å². The molecular weight excluding hydrogens is 288 g/mol. The number of hydrogen-bond acceptors (Lipinski definition) is 5. The van der Waals surface area contributed by atoms with Crippen LogP contribution in [0.2, 0.25) is 0 Å². The summed E-state index contributed by atoms with van der Waals surface area (Å²) in [7, 11) is 0. The Balaban J connectivity index is 1.81. The van der Waals surface area contributed by atoms with Crippen molar-refractivity contribution in [2.45, 2.75) is 32.4 Å². The van der Waals surface area contributed by atoms with E-state index in [1.807, 2.05) is 13.8 Å². The predicted molar refractivity (Wildman–Crippen MR) is 77.6 cm³/mol. The van der Waals surface area contributed by atoms with E-state index in [0.717, 1.165) is 6.42 Å². The number of benzene rings is 1. The molecule has 1 saturated carbocycles. The van der Waals surface area contributed by atoms with Crippen molar-refractivity contribution in [2.24, 2.45) is 11.3 Å². The minimum atomic E-state index is -0.708. The van der Waals surface area contributed by atoms with Gasteiger partial charge in [0.25, 0.3) is 5.91 Å². The van der Waals surface area contributed by atoms with E-state index < -0.39 is 22.3 Å². The Morgan fingerprint density at radius 3 is 2.91 bits per heavy atom. The van der Waals surface area contributed by atoms with E-state index in [4.69, 9.17) is 4.74 Å². The first kappa shape index (κ1) is 14.8. The summed E-state index contributed by atoms with van der Waals surface area (Å²) in [6.45, 7) is 4.74. The number of ether oxygens (including phenoxy) is 1. The molecule has 0 unspecified atom stereocenters. The lowest BCUT2D eigenvalue weighted by molar-refractivity contribution is -0.385. The highest BCUT2D eigenvalue weighted by molar-refractivity contribution is 5.98. The summed E-state index contributed by atoms with van der Waals surface area (Å²) in [6.07, 6.45) is 1.02. The van der Waals surface area contributed by atoms with Crippen molar-refractivity contribution >= 4 is 11.6 Å². The van der Waals surface area contributed by atoms with E-state index in [9.17, 15) is 20.0 Å². The maximum Gasteiger partial charge on any atom is 0.311 e. The number of nitrogens with zero attached hydrogens (tertiary/aromatic N) is 1. The van der Waals surface area contributed by atoms with Crippen molar-refractivity contribution in [3.8, 4) is 5.75 Å². The zero-order valence-corrected chi connectivity index (χ0v) is 12.4. The molecule has 0 radical (unpaired) electrons. The van der Waals surface area contributed by atoms with Crippen LogP contribution in [0.3, 0.4) is 0 Å². The number of carbonyl (C=O) groups is 1. The first-order valence-corrected chi connectivity index (χ1v) is 7.23. The number of amides is 1. The fourth-order valence-electron chi connectivity index (χ4n) is 3.70. The minimum absolute atomic E-state index is 0.0637. The van der Waals surface area contributed by atoms with Crippen molar-refractivity contribution in [1.29, 1.82) is 0 Å². The number of phenolic OH excluding ortho intramolecular Hbond substituents is 1. The zero-order chi connectivity index (χ0) is 16.1. The van der Waals surface area contributed by atoms with Gasteiger partial charge < -0.3 is 15.2 Å². The molecule has 0 bridgehead atoms. The lowest BCUT2D eigenvalue weighted by atomic mass is 9.57. The van der Waals surface area contributed by atoms with Crippen LogP contribution in [0.1, 0.15) is 30.6 Å². The molecule has 0 aromatic heterocycles. The van der Waals surface area contributed by atoms with Gasteiger partial charge in [-0.05, 0) is 12.5 Å². The molecule has 2 N–H and O–H groups in total. The van der Waals surface area contributed by atoms with Gasteiger partial charge in [-0.15, -0.1) is 0 Å². The number of hydrogen-bond donors (Lipinski definition) is 2. The van der Waals surface area contributed by atoms with Gasteiger partial charge >= 0.3 is 5.69 Å². The number of nitro groups is 1. The van der Waals surface area contributed by atoms with E-state index in [1.165, 1.54) is 18.2 Å². The maximum atomic E-state index is 12.4. The molecule has 7 nitrogen and oxygen atoms in total. The molecule has 1 aliphatic heterocycles. The number of phenols is 1. The van der Waals surface area contributed by atoms with Gasteiger partial charge in [-0.25, -0.2) is 0 Å². The topological polar surface area (TPSA) is 102 Å². The van der Waals surface area contributed by atoms with E-state index in [1.54, 1.807) is 0 Å². The van der Waals surface area contributed by atoms with Crippen LogP contribution in [0.5, 0.6) is 5.75 Å². The highest BCUT2D eigenvalue weighted by Crippen LogP contribution is 2.52. The van der Waals surface area contributed by atoms with Crippen molar-refractivity contribution in [2.75, 3.05) is 6.61 Å². The SMILES string of the molecule is CC1(C)[C@H](NC(=O)c2cccc([N+](=O)[O-])c2O)[C@H]2CCO[C@H]21. The summed E-state index contributed by atoms with van der Waals surface area (Å²) in [5, 5.41) is 23.7. The Bertz CT molecular complexity index is 643. The average Bonchev–Trinajstić information content (AvgIpc) is 2.91. The second kappa shape index (κ2) is 4.95. The summed E-state index contributed by atoms with van der Waals surface area (Å²) in [5.41, 5.74) is -0.734. The largest absolute Gasteiger partial charge is 0.502 e. The van der Waals surface area contributed by atoms with Crippen molar-refractivity contribution < 1.29 is 19.6 Å². The van der Waals surface area contributed by atoms with Gasteiger partial charge in [-0.3, -0.25) is 14.9 Å². The van der Waals surface area contributed by atoms with Crippen molar-refractivity contribution in [3.05, 3.63) is 33.9 Å². The lowest BCUT2D eigenvalue weighted by Crippen LogP contribution is -2.66. The van der Waals surface area contributed by atoms with Gasteiger partial charge in [0.15, 0.2) is 0 Å². The van der Waals surface area contributed by atoms with Crippen LogP contribution >= 0.6 is 0 Å². The molecule has 22 heavy (non-hydrogen) atoms. The predicted octanol–water partition coefficient (Wildman–Crippen LogP) is 1.84. The third-order valence-corrected chi connectivity index (χ3v) is 4.84. The molecule has 1 aromatic carbocycles. The number of rotatable bonds is 3. The first-order chi connectivity index (χ1) is 10.3. The van der Waals surface area contributed by atoms with E-state index >= 15 is 0 Å². The van der Waals surface area contributed by atoms with Gasteiger partial charge in [0.05, 0.1) is 16.6 Å². The van der Waals surface area contributed by atoms with E-state index in [-0.39, 0.29) is 29.0 Å². The molecule has 1 aliphatic carbocycles. The fraction of sp³-hybridized carbons (Fsp3) is 0.533. The monoisotopic (exact) mass is 306 g/mol. The molecular formula is C15H18N2O5. The molecule has 1 heterocycles. The van der Waals surface area contributed by atoms with Crippen LogP contribution in [0.4, 0.5) is 5.69 Å². The van der Waals surface area contributed by atoms with Gasteiger partial charge in [-0.2, -0.15) is 0 Å². The van der Waals surface area contributed by atoms with Gasteiger partial charge in [0.2, 0.25) is 5.75 Å². The Morgan fingerprint density at radius 2 is 2.23 bits per heavy atom. The molecule has 7 heteroatoms. The Kier molecular flexibility index (Phi) is 3.32. The zero-order valence-electron chi connectivity index (χ0n) is 12.4. The Hall–Kier alpha value is -2.15. The standard InChI is InChI=1S/C15H18N2O5/c1-15(2)12(9-6-7-22-13(9)15)16-14(19)8-4-3-5-10(11(8)18)17(20)21/h3-5,9,12-13,18H,6-7H2,1-2H3,(H,16,19)/t9-,12-,13-/m1/s1. The molecule has 1 aromatic rings. The molecule has 3 atom stereocenters. The number of nitro benzene ring substituents is 1. The second-order valence-corrected chi connectivity index (χ2v) is 6.45. The summed E-state index contributed by atoms with van der Waals surface area (Å²) in [6, 6.07) is 3.87. The number of nitrogens with one attached hydrogen (secondary N) is 1.